The van der Waals surface area contributed by atoms with E-state index < -0.39 is 0 Å². The number of unbranched alkanes of at least 4 members (excludes halogenated alkanes) is 6. The van der Waals surface area contributed by atoms with Crippen LogP contribution in [0.1, 0.15) is 95.8 Å². The summed E-state index contributed by atoms with van der Waals surface area (Å²) in [6.07, 6.45) is 22.1. The largest absolute Gasteiger partial charge is 0.141 e. The Balaban J connectivity index is 1.46. The Hall–Kier alpha value is -0.760. The normalized spacial score (nSPS) is 12.0. The second-order valence-corrected chi connectivity index (χ2v) is 16.8. The van der Waals surface area contributed by atoms with Gasteiger partial charge in [0.15, 0.2) is 0 Å². The molecule has 4 aromatic heterocycles. The molecule has 0 bridgehead atoms. The molecular formula is C32H36Br2S4. The second-order valence-electron chi connectivity index (χ2n) is 9.57. The molecule has 0 saturated heterocycles. The molecule has 0 spiro atoms. The first kappa shape index (κ1) is 30.2. The highest BCUT2D eigenvalue weighted by Crippen LogP contribution is 2.44. The van der Waals surface area contributed by atoms with Crippen molar-refractivity contribution >= 4 is 102 Å². The zero-order valence-electron chi connectivity index (χ0n) is 22.2. The quantitative estimate of drug-likeness (QED) is 0.108. The molecular weight excluding hydrogens is 672 g/mol. The SMILES string of the molecule is CCCCCCc1ccc(C=Cc2cc(Br)sc2-c2sc(Br)cc2C=Cc2ccc(CCCCCC)s2)s1. The third-order valence-electron chi connectivity index (χ3n) is 6.44. The summed E-state index contributed by atoms with van der Waals surface area (Å²) in [5, 5.41) is 0. The van der Waals surface area contributed by atoms with E-state index in [1.54, 1.807) is 0 Å². The Morgan fingerprint density at radius 3 is 1.42 bits per heavy atom. The van der Waals surface area contributed by atoms with Gasteiger partial charge < -0.3 is 0 Å². The Morgan fingerprint density at radius 2 is 1.00 bits per heavy atom. The minimum atomic E-state index is 1.17. The number of hydrogen-bond donors (Lipinski definition) is 0. The predicted molar refractivity (Wildman–Crippen MR) is 185 cm³/mol. The number of hydrogen-bond acceptors (Lipinski definition) is 4. The molecule has 4 rings (SSSR count). The van der Waals surface area contributed by atoms with Crippen LogP contribution >= 0.6 is 77.2 Å². The van der Waals surface area contributed by atoms with Gasteiger partial charge in [0.05, 0.1) is 17.3 Å². The van der Waals surface area contributed by atoms with E-state index in [-0.39, 0.29) is 0 Å². The van der Waals surface area contributed by atoms with Crippen molar-refractivity contribution in [1.82, 2.24) is 0 Å². The van der Waals surface area contributed by atoms with E-state index in [1.165, 1.54) is 112 Å². The highest BCUT2D eigenvalue weighted by Gasteiger charge is 2.15. The Kier molecular flexibility index (Phi) is 12.6. The number of aryl methyl sites for hydroxylation is 2. The van der Waals surface area contributed by atoms with Gasteiger partial charge in [0.25, 0.3) is 0 Å². The maximum absolute atomic E-state index is 3.76. The molecule has 6 heteroatoms. The number of thiophene rings is 4. The second kappa shape index (κ2) is 15.9. The lowest BCUT2D eigenvalue weighted by atomic mass is 10.1. The van der Waals surface area contributed by atoms with Crippen molar-refractivity contribution in [3.8, 4) is 9.75 Å². The van der Waals surface area contributed by atoms with Gasteiger partial charge in [-0.05, 0) is 117 Å². The molecule has 0 aliphatic heterocycles. The van der Waals surface area contributed by atoms with Crippen LogP contribution in [0.3, 0.4) is 0 Å². The summed E-state index contributed by atoms with van der Waals surface area (Å²) in [5.41, 5.74) is 2.54. The van der Waals surface area contributed by atoms with Crippen molar-refractivity contribution in [2.24, 2.45) is 0 Å². The smallest absolute Gasteiger partial charge is 0.0711 e. The minimum Gasteiger partial charge on any atom is -0.141 e. The van der Waals surface area contributed by atoms with E-state index in [0.29, 0.717) is 0 Å². The molecule has 0 saturated carbocycles. The summed E-state index contributed by atoms with van der Waals surface area (Å²) >= 11 is 15.0. The molecule has 0 radical (unpaired) electrons. The fraction of sp³-hybridized carbons (Fsp3) is 0.375. The zero-order valence-corrected chi connectivity index (χ0v) is 28.7. The van der Waals surface area contributed by atoms with Crippen LogP contribution in [-0.4, -0.2) is 0 Å². The molecule has 0 aliphatic rings. The fourth-order valence-corrected chi connectivity index (χ4v) is 9.68. The molecule has 202 valence electrons. The third kappa shape index (κ3) is 9.14. The van der Waals surface area contributed by atoms with Crippen LogP contribution in [0.4, 0.5) is 0 Å². The summed E-state index contributed by atoms with van der Waals surface area (Å²) in [4.78, 5) is 8.31. The van der Waals surface area contributed by atoms with Crippen molar-refractivity contribution in [1.29, 1.82) is 0 Å². The van der Waals surface area contributed by atoms with Gasteiger partial charge in [-0.25, -0.2) is 0 Å². The molecule has 0 unspecified atom stereocenters. The van der Waals surface area contributed by atoms with Gasteiger partial charge in [0, 0.05) is 19.5 Å². The molecule has 0 amide bonds. The molecule has 0 atom stereocenters. The third-order valence-corrected chi connectivity index (χ3v) is 12.1. The molecule has 0 fully saturated rings. The van der Waals surface area contributed by atoms with Gasteiger partial charge in [0.1, 0.15) is 0 Å². The van der Waals surface area contributed by atoms with Crippen molar-refractivity contribution < 1.29 is 0 Å². The van der Waals surface area contributed by atoms with E-state index in [1.807, 2.05) is 45.3 Å². The van der Waals surface area contributed by atoms with Crippen LogP contribution in [0, 0.1) is 0 Å². The van der Waals surface area contributed by atoms with Crippen LogP contribution in [0.5, 0.6) is 0 Å². The van der Waals surface area contributed by atoms with Gasteiger partial charge >= 0.3 is 0 Å². The molecule has 38 heavy (non-hydrogen) atoms. The average Bonchev–Trinajstić information content (AvgIpc) is 3.69. The van der Waals surface area contributed by atoms with Crippen LogP contribution in [0.2, 0.25) is 0 Å². The summed E-state index contributed by atoms with van der Waals surface area (Å²) in [6.45, 7) is 4.54. The standard InChI is InChI=1S/C32H36Br2S4/c1-3-5-7-9-11-25-17-19-27(35-25)15-13-23-21-29(33)37-31(23)32-24(22-30(34)38-32)14-16-28-20-18-26(36-28)12-10-8-6-4-2/h13-22H,3-12H2,1-2H3. The summed E-state index contributed by atoms with van der Waals surface area (Å²) in [5.74, 6) is 0. The summed E-state index contributed by atoms with van der Waals surface area (Å²) < 4.78 is 2.33. The molecule has 0 nitrogen and oxygen atoms in total. The average molecular weight is 709 g/mol. The number of rotatable bonds is 15. The van der Waals surface area contributed by atoms with Crippen LogP contribution in [0.15, 0.2) is 44.0 Å². The highest BCUT2D eigenvalue weighted by atomic mass is 79.9. The molecule has 4 heterocycles. The predicted octanol–water partition coefficient (Wildman–Crippen LogP) is 13.7. The number of halogens is 2. The van der Waals surface area contributed by atoms with Gasteiger partial charge in [-0.15, -0.1) is 45.3 Å². The van der Waals surface area contributed by atoms with E-state index in [9.17, 15) is 0 Å². The molecule has 0 aromatic carbocycles. The molecule has 0 N–H and O–H groups in total. The van der Waals surface area contributed by atoms with E-state index in [0.717, 1.165) is 0 Å². The lowest BCUT2D eigenvalue weighted by Gasteiger charge is -1.99. The lowest BCUT2D eigenvalue weighted by Crippen LogP contribution is -1.80. The maximum atomic E-state index is 3.76. The van der Waals surface area contributed by atoms with Gasteiger partial charge in [0.2, 0.25) is 0 Å². The van der Waals surface area contributed by atoms with Crippen LogP contribution < -0.4 is 0 Å². The topological polar surface area (TPSA) is 0 Å². The fourth-order valence-electron chi connectivity index (χ4n) is 4.38. The highest BCUT2D eigenvalue weighted by molar-refractivity contribution is 9.11. The van der Waals surface area contributed by atoms with E-state index >= 15 is 0 Å². The summed E-state index contributed by atoms with van der Waals surface area (Å²) in [6, 6.07) is 13.7. The van der Waals surface area contributed by atoms with Crippen molar-refractivity contribution in [2.75, 3.05) is 0 Å². The first-order chi connectivity index (χ1) is 18.6. The van der Waals surface area contributed by atoms with Gasteiger partial charge in [-0.3, -0.25) is 0 Å². The first-order valence-electron chi connectivity index (χ1n) is 13.7. The van der Waals surface area contributed by atoms with Crippen LogP contribution in [0.25, 0.3) is 34.1 Å². The lowest BCUT2D eigenvalue weighted by molar-refractivity contribution is 0.670. The van der Waals surface area contributed by atoms with Crippen molar-refractivity contribution in [3.63, 3.8) is 0 Å². The Bertz CT molecular complexity index is 1230. The van der Waals surface area contributed by atoms with Crippen molar-refractivity contribution in [3.05, 3.63) is 74.6 Å². The maximum Gasteiger partial charge on any atom is 0.0711 e. The van der Waals surface area contributed by atoms with Gasteiger partial charge in [-0.1, -0.05) is 64.5 Å². The minimum absolute atomic E-state index is 1.17. The zero-order chi connectivity index (χ0) is 26.7. The summed E-state index contributed by atoms with van der Waals surface area (Å²) in [7, 11) is 0. The first-order valence-corrected chi connectivity index (χ1v) is 18.5. The Morgan fingerprint density at radius 1 is 0.553 bits per heavy atom. The molecule has 4 aromatic rings. The molecule has 0 aliphatic carbocycles. The van der Waals surface area contributed by atoms with E-state index in [4.69, 9.17) is 0 Å². The Labute approximate surface area is 261 Å². The van der Waals surface area contributed by atoms with Gasteiger partial charge in [-0.2, -0.15) is 0 Å². The van der Waals surface area contributed by atoms with Crippen molar-refractivity contribution in [2.45, 2.75) is 78.1 Å². The monoisotopic (exact) mass is 706 g/mol. The van der Waals surface area contributed by atoms with Crippen LogP contribution in [-0.2, 0) is 12.8 Å². The van der Waals surface area contributed by atoms with E-state index in [2.05, 4.69) is 106 Å².